The van der Waals surface area contributed by atoms with Gasteiger partial charge in [-0.1, -0.05) is 29.3 Å². The van der Waals surface area contributed by atoms with Crippen molar-refractivity contribution in [3.8, 4) is 0 Å². The molecule has 1 aliphatic rings. The van der Waals surface area contributed by atoms with Crippen molar-refractivity contribution >= 4 is 29.2 Å². The summed E-state index contributed by atoms with van der Waals surface area (Å²) in [5.74, 6) is 0. The minimum atomic E-state index is -0.891. The molecule has 1 saturated heterocycles. The van der Waals surface area contributed by atoms with Gasteiger partial charge >= 0.3 is 6.03 Å². The molecular formula is C14H18Cl2N2O3. The molecule has 0 bridgehead atoms. The fourth-order valence-electron chi connectivity index (χ4n) is 2.21. The standard InChI is InChI=1S/C14H18Cl2N2O3/c1-8-12(4-5-21-8)18-14(20)17-7-13(19)10-3-2-9(15)6-11(10)16/h2-3,6,8,12-13,19H,4-5,7H2,1H3,(H2,17,18,20). The molecule has 0 radical (unpaired) electrons. The summed E-state index contributed by atoms with van der Waals surface area (Å²) in [5.41, 5.74) is 0.527. The van der Waals surface area contributed by atoms with Crippen LogP contribution in [0.5, 0.6) is 0 Å². The molecule has 3 N–H and O–H groups in total. The highest BCUT2D eigenvalue weighted by Crippen LogP contribution is 2.25. The number of rotatable bonds is 4. The molecular weight excluding hydrogens is 315 g/mol. The van der Waals surface area contributed by atoms with Gasteiger partial charge in [-0.15, -0.1) is 0 Å². The lowest BCUT2D eigenvalue weighted by Gasteiger charge is -2.18. The summed E-state index contributed by atoms with van der Waals surface area (Å²) >= 11 is 11.8. The molecule has 5 nitrogen and oxygen atoms in total. The first-order chi connectivity index (χ1) is 9.97. The zero-order valence-electron chi connectivity index (χ0n) is 11.6. The average molecular weight is 333 g/mol. The highest BCUT2D eigenvalue weighted by Gasteiger charge is 2.25. The topological polar surface area (TPSA) is 70.6 Å². The summed E-state index contributed by atoms with van der Waals surface area (Å²) in [6.45, 7) is 2.63. The lowest BCUT2D eigenvalue weighted by molar-refractivity contribution is 0.113. The fraction of sp³-hybridized carbons (Fsp3) is 0.500. The molecule has 3 unspecified atom stereocenters. The quantitative estimate of drug-likeness (QED) is 0.793. The van der Waals surface area contributed by atoms with Gasteiger partial charge in [0.15, 0.2) is 0 Å². The molecule has 21 heavy (non-hydrogen) atoms. The van der Waals surface area contributed by atoms with Crippen molar-refractivity contribution in [2.24, 2.45) is 0 Å². The van der Waals surface area contributed by atoms with E-state index < -0.39 is 6.10 Å². The number of aliphatic hydroxyl groups is 1. The zero-order valence-corrected chi connectivity index (χ0v) is 13.1. The molecule has 1 heterocycles. The van der Waals surface area contributed by atoms with Crippen LogP contribution in [-0.2, 0) is 4.74 Å². The van der Waals surface area contributed by atoms with Gasteiger partial charge in [-0.05, 0) is 25.5 Å². The van der Waals surface area contributed by atoms with E-state index in [1.807, 2.05) is 6.92 Å². The van der Waals surface area contributed by atoms with Gasteiger partial charge in [0.2, 0.25) is 0 Å². The second-order valence-corrected chi connectivity index (χ2v) is 5.85. The first kappa shape index (κ1) is 16.4. The van der Waals surface area contributed by atoms with Crippen LogP contribution in [0.15, 0.2) is 18.2 Å². The van der Waals surface area contributed by atoms with E-state index in [1.165, 1.54) is 0 Å². The Morgan fingerprint density at radius 1 is 1.52 bits per heavy atom. The normalized spacial score (nSPS) is 22.9. The van der Waals surface area contributed by atoms with Crippen LogP contribution in [0.4, 0.5) is 4.79 Å². The second kappa shape index (κ2) is 7.31. The summed E-state index contributed by atoms with van der Waals surface area (Å²) in [6.07, 6.45) is -0.0932. The van der Waals surface area contributed by atoms with Crippen molar-refractivity contribution in [2.75, 3.05) is 13.2 Å². The van der Waals surface area contributed by atoms with E-state index in [1.54, 1.807) is 18.2 Å². The van der Waals surface area contributed by atoms with Crippen LogP contribution in [0.1, 0.15) is 25.0 Å². The predicted molar refractivity (Wildman–Crippen MR) is 81.8 cm³/mol. The molecule has 0 aromatic heterocycles. The highest BCUT2D eigenvalue weighted by atomic mass is 35.5. The Balaban J connectivity index is 1.83. The lowest BCUT2D eigenvalue weighted by Crippen LogP contribution is -2.45. The van der Waals surface area contributed by atoms with Crippen LogP contribution in [0.2, 0.25) is 10.0 Å². The van der Waals surface area contributed by atoms with Crippen molar-refractivity contribution in [3.63, 3.8) is 0 Å². The molecule has 2 rings (SSSR count). The van der Waals surface area contributed by atoms with Crippen LogP contribution in [0.3, 0.4) is 0 Å². The maximum absolute atomic E-state index is 11.8. The SMILES string of the molecule is CC1OCCC1NC(=O)NCC(O)c1ccc(Cl)cc1Cl. The van der Waals surface area contributed by atoms with Gasteiger partial charge in [-0.3, -0.25) is 0 Å². The van der Waals surface area contributed by atoms with Gasteiger partial charge in [0, 0.05) is 28.8 Å². The van der Waals surface area contributed by atoms with E-state index in [9.17, 15) is 9.90 Å². The van der Waals surface area contributed by atoms with Crippen LogP contribution in [-0.4, -0.2) is 36.4 Å². The number of hydrogen-bond donors (Lipinski definition) is 3. The van der Waals surface area contributed by atoms with Gasteiger partial charge < -0.3 is 20.5 Å². The molecule has 2 amide bonds. The number of benzene rings is 1. The highest BCUT2D eigenvalue weighted by molar-refractivity contribution is 6.35. The Kier molecular flexibility index (Phi) is 5.70. The molecule has 1 fully saturated rings. The second-order valence-electron chi connectivity index (χ2n) is 5.01. The number of hydrogen-bond acceptors (Lipinski definition) is 3. The van der Waals surface area contributed by atoms with E-state index in [0.29, 0.717) is 22.2 Å². The third-order valence-corrected chi connectivity index (χ3v) is 4.03. The van der Waals surface area contributed by atoms with Crippen LogP contribution in [0.25, 0.3) is 0 Å². The van der Waals surface area contributed by atoms with Crippen molar-refractivity contribution in [1.82, 2.24) is 10.6 Å². The Bertz CT molecular complexity index is 513. The zero-order chi connectivity index (χ0) is 15.4. The summed E-state index contributed by atoms with van der Waals surface area (Å²) in [5, 5.41) is 16.4. The monoisotopic (exact) mass is 332 g/mol. The summed E-state index contributed by atoms with van der Waals surface area (Å²) in [4.78, 5) is 11.8. The molecule has 0 spiro atoms. The maximum atomic E-state index is 11.8. The Hall–Kier alpha value is -1.01. The van der Waals surface area contributed by atoms with Crippen LogP contribution < -0.4 is 10.6 Å². The van der Waals surface area contributed by atoms with Crippen molar-refractivity contribution in [2.45, 2.75) is 31.6 Å². The smallest absolute Gasteiger partial charge is 0.315 e. The Labute approximate surface area is 133 Å². The number of ether oxygens (including phenoxy) is 1. The number of carbonyl (C=O) groups is 1. The number of amides is 2. The van der Waals surface area contributed by atoms with Gasteiger partial charge in [0.25, 0.3) is 0 Å². The van der Waals surface area contributed by atoms with Crippen LogP contribution in [0, 0.1) is 0 Å². The largest absolute Gasteiger partial charge is 0.387 e. The number of carbonyl (C=O) groups excluding carboxylic acids is 1. The number of aliphatic hydroxyl groups excluding tert-OH is 1. The van der Waals surface area contributed by atoms with Crippen molar-refractivity contribution < 1.29 is 14.6 Å². The first-order valence-electron chi connectivity index (χ1n) is 6.76. The molecule has 1 aliphatic heterocycles. The van der Waals surface area contributed by atoms with Crippen molar-refractivity contribution in [1.29, 1.82) is 0 Å². The molecule has 1 aromatic carbocycles. The molecule has 116 valence electrons. The summed E-state index contributed by atoms with van der Waals surface area (Å²) in [7, 11) is 0. The van der Waals surface area contributed by atoms with Gasteiger partial charge in [0.1, 0.15) is 0 Å². The molecule has 7 heteroatoms. The molecule has 0 aliphatic carbocycles. The number of urea groups is 1. The molecule has 1 aromatic rings. The fourth-order valence-corrected chi connectivity index (χ4v) is 2.75. The minimum Gasteiger partial charge on any atom is -0.387 e. The summed E-state index contributed by atoms with van der Waals surface area (Å²) < 4.78 is 5.37. The van der Waals surface area contributed by atoms with E-state index in [-0.39, 0.29) is 24.7 Å². The Morgan fingerprint density at radius 2 is 2.29 bits per heavy atom. The third-order valence-electron chi connectivity index (χ3n) is 3.47. The average Bonchev–Trinajstić information content (AvgIpc) is 2.81. The maximum Gasteiger partial charge on any atom is 0.315 e. The van der Waals surface area contributed by atoms with Gasteiger partial charge in [-0.25, -0.2) is 4.79 Å². The van der Waals surface area contributed by atoms with E-state index in [0.717, 1.165) is 6.42 Å². The van der Waals surface area contributed by atoms with E-state index in [4.69, 9.17) is 27.9 Å². The summed E-state index contributed by atoms with van der Waals surface area (Å²) in [6, 6.07) is 4.51. The lowest BCUT2D eigenvalue weighted by atomic mass is 10.1. The minimum absolute atomic E-state index is 0.00117. The van der Waals surface area contributed by atoms with Gasteiger partial charge in [0.05, 0.1) is 18.2 Å². The van der Waals surface area contributed by atoms with Crippen LogP contribution >= 0.6 is 23.2 Å². The van der Waals surface area contributed by atoms with E-state index >= 15 is 0 Å². The molecule has 3 atom stereocenters. The third kappa shape index (κ3) is 4.48. The molecule has 0 saturated carbocycles. The van der Waals surface area contributed by atoms with Gasteiger partial charge in [-0.2, -0.15) is 0 Å². The predicted octanol–water partition coefficient (Wildman–Crippen LogP) is 2.50. The number of nitrogens with one attached hydrogen (secondary N) is 2. The first-order valence-corrected chi connectivity index (χ1v) is 7.52. The number of halogens is 2. The Morgan fingerprint density at radius 3 is 2.90 bits per heavy atom. The van der Waals surface area contributed by atoms with Crippen molar-refractivity contribution in [3.05, 3.63) is 33.8 Å². The van der Waals surface area contributed by atoms with E-state index in [2.05, 4.69) is 10.6 Å².